The average Bonchev–Trinajstić information content (AvgIpc) is 2.41. The van der Waals surface area contributed by atoms with Crippen LogP contribution in [0.1, 0.15) is 42.5 Å². The van der Waals surface area contributed by atoms with E-state index in [1.807, 2.05) is 0 Å². The van der Waals surface area contributed by atoms with Crippen LogP contribution in [0.5, 0.6) is 11.5 Å². The van der Waals surface area contributed by atoms with Crippen molar-refractivity contribution in [2.24, 2.45) is 0 Å². The molecule has 0 radical (unpaired) electrons. The van der Waals surface area contributed by atoms with Crippen LogP contribution in [0, 0.1) is 0 Å². The number of carbonyl (C=O) groups is 1. The zero-order valence-electron chi connectivity index (χ0n) is 10.4. The van der Waals surface area contributed by atoms with Crippen LogP contribution in [0.4, 0.5) is 0 Å². The highest BCUT2D eigenvalue weighted by Gasteiger charge is 2.19. The Balaban J connectivity index is 2.26. The second kappa shape index (κ2) is 6.10. The van der Waals surface area contributed by atoms with Crippen LogP contribution in [-0.4, -0.2) is 19.5 Å². The lowest BCUT2D eigenvalue weighted by molar-refractivity contribution is 0.110. The first kappa shape index (κ1) is 13.2. The van der Waals surface area contributed by atoms with Crippen molar-refractivity contribution in [2.75, 3.05) is 7.11 Å². The van der Waals surface area contributed by atoms with Crippen molar-refractivity contribution in [1.82, 2.24) is 0 Å². The molecule has 2 rings (SSSR count). The lowest BCUT2D eigenvalue weighted by Gasteiger charge is -2.24. The van der Waals surface area contributed by atoms with Crippen molar-refractivity contribution in [2.45, 2.75) is 38.2 Å². The zero-order valence-corrected chi connectivity index (χ0v) is 11.2. The molecule has 0 aliphatic heterocycles. The summed E-state index contributed by atoms with van der Waals surface area (Å²) in [4.78, 5) is 11.1. The molecule has 1 saturated carbocycles. The summed E-state index contributed by atoms with van der Waals surface area (Å²) in [5.74, 6) is 1.04. The maximum absolute atomic E-state index is 11.1. The molecule has 4 heteroatoms. The first-order valence-electron chi connectivity index (χ1n) is 6.24. The van der Waals surface area contributed by atoms with Gasteiger partial charge in [-0.05, 0) is 31.7 Å². The van der Waals surface area contributed by atoms with Crippen molar-refractivity contribution in [3.8, 4) is 11.5 Å². The lowest BCUT2D eigenvalue weighted by atomic mass is 9.97. The molecular weight excluding hydrogens is 252 g/mol. The van der Waals surface area contributed by atoms with Crippen LogP contribution in [0.25, 0.3) is 0 Å². The van der Waals surface area contributed by atoms with Gasteiger partial charge in [0.2, 0.25) is 0 Å². The highest BCUT2D eigenvalue weighted by Crippen LogP contribution is 2.36. The van der Waals surface area contributed by atoms with E-state index in [4.69, 9.17) is 21.1 Å². The third kappa shape index (κ3) is 2.96. The van der Waals surface area contributed by atoms with Gasteiger partial charge in [-0.25, -0.2) is 0 Å². The summed E-state index contributed by atoms with van der Waals surface area (Å²) < 4.78 is 11.2. The van der Waals surface area contributed by atoms with Gasteiger partial charge in [0.1, 0.15) is 0 Å². The topological polar surface area (TPSA) is 35.5 Å². The standard InChI is InChI=1S/C14H17ClO3/c1-17-13-8-11(15)7-10(9-16)14(13)18-12-5-3-2-4-6-12/h7-9,12H,2-6H2,1H3. The number of hydrogen-bond acceptors (Lipinski definition) is 3. The maximum Gasteiger partial charge on any atom is 0.172 e. The number of rotatable bonds is 4. The van der Waals surface area contributed by atoms with Gasteiger partial charge in [-0.3, -0.25) is 4.79 Å². The zero-order chi connectivity index (χ0) is 13.0. The second-order valence-corrected chi connectivity index (χ2v) is 4.96. The normalized spacial score (nSPS) is 16.3. The summed E-state index contributed by atoms with van der Waals surface area (Å²) in [6.45, 7) is 0. The molecule has 0 unspecified atom stereocenters. The molecular formula is C14H17ClO3. The quantitative estimate of drug-likeness (QED) is 0.778. The Labute approximate surface area is 112 Å². The van der Waals surface area contributed by atoms with E-state index < -0.39 is 0 Å². The molecule has 0 heterocycles. The smallest absolute Gasteiger partial charge is 0.172 e. The van der Waals surface area contributed by atoms with Crippen LogP contribution in [0.15, 0.2) is 12.1 Å². The predicted molar refractivity (Wildman–Crippen MR) is 70.9 cm³/mol. The lowest BCUT2D eigenvalue weighted by Crippen LogP contribution is -2.20. The van der Waals surface area contributed by atoms with E-state index in [2.05, 4.69) is 0 Å². The van der Waals surface area contributed by atoms with Gasteiger partial charge in [0, 0.05) is 11.1 Å². The maximum atomic E-state index is 11.1. The minimum absolute atomic E-state index is 0.174. The van der Waals surface area contributed by atoms with Gasteiger partial charge in [0.25, 0.3) is 0 Å². The minimum atomic E-state index is 0.174. The van der Waals surface area contributed by atoms with Crippen molar-refractivity contribution in [3.05, 3.63) is 22.7 Å². The first-order valence-corrected chi connectivity index (χ1v) is 6.61. The van der Waals surface area contributed by atoms with Gasteiger partial charge in [-0.2, -0.15) is 0 Å². The summed E-state index contributed by atoms with van der Waals surface area (Å²) in [6, 6.07) is 3.28. The molecule has 0 bridgehead atoms. The summed E-state index contributed by atoms with van der Waals surface area (Å²) in [5, 5.41) is 0.477. The van der Waals surface area contributed by atoms with Crippen molar-refractivity contribution in [3.63, 3.8) is 0 Å². The third-order valence-corrected chi connectivity index (χ3v) is 3.45. The van der Waals surface area contributed by atoms with E-state index in [9.17, 15) is 4.79 Å². The highest BCUT2D eigenvalue weighted by molar-refractivity contribution is 6.31. The number of carbonyl (C=O) groups excluding carboxylic acids is 1. The first-order chi connectivity index (χ1) is 8.74. The Morgan fingerprint density at radius 3 is 2.61 bits per heavy atom. The molecule has 98 valence electrons. The second-order valence-electron chi connectivity index (χ2n) is 4.52. The molecule has 0 saturated heterocycles. The van der Waals surface area contributed by atoms with Crippen LogP contribution in [0.2, 0.25) is 5.02 Å². The molecule has 0 aromatic heterocycles. The number of ether oxygens (including phenoxy) is 2. The van der Waals surface area contributed by atoms with Crippen molar-refractivity contribution in [1.29, 1.82) is 0 Å². The van der Waals surface area contributed by atoms with E-state index in [1.165, 1.54) is 19.3 Å². The molecule has 1 aliphatic carbocycles. The Kier molecular flexibility index (Phi) is 4.48. The average molecular weight is 269 g/mol. The fraction of sp³-hybridized carbons (Fsp3) is 0.500. The molecule has 1 aromatic rings. The summed E-state index contributed by atoms with van der Waals surface area (Å²) >= 11 is 5.93. The molecule has 18 heavy (non-hydrogen) atoms. The Morgan fingerprint density at radius 2 is 2.00 bits per heavy atom. The van der Waals surface area contributed by atoms with Gasteiger partial charge in [0.05, 0.1) is 18.8 Å². The van der Waals surface area contributed by atoms with Crippen LogP contribution in [0.3, 0.4) is 0 Å². The molecule has 0 amide bonds. The summed E-state index contributed by atoms with van der Waals surface area (Å²) in [6.07, 6.45) is 6.61. The Hall–Kier alpha value is -1.22. The number of methoxy groups -OCH3 is 1. The monoisotopic (exact) mass is 268 g/mol. The van der Waals surface area contributed by atoms with Crippen molar-refractivity contribution < 1.29 is 14.3 Å². The molecule has 1 aliphatic rings. The van der Waals surface area contributed by atoms with Gasteiger partial charge in [-0.15, -0.1) is 0 Å². The van der Waals surface area contributed by atoms with E-state index in [1.54, 1.807) is 19.2 Å². The van der Waals surface area contributed by atoms with Gasteiger partial charge < -0.3 is 9.47 Å². The number of benzene rings is 1. The molecule has 3 nitrogen and oxygen atoms in total. The number of halogens is 1. The van der Waals surface area contributed by atoms with Crippen molar-refractivity contribution >= 4 is 17.9 Å². The number of aldehydes is 1. The summed E-state index contributed by atoms with van der Waals surface area (Å²) in [7, 11) is 1.55. The SMILES string of the molecule is COc1cc(Cl)cc(C=O)c1OC1CCCCC1. The molecule has 0 N–H and O–H groups in total. The van der Waals surface area contributed by atoms with Gasteiger partial charge >= 0.3 is 0 Å². The van der Waals surface area contributed by atoms with Crippen LogP contribution >= 0.6 is 11.6 Å². The Morgan fingerprint density at radius 1 is 1.28 bits per heavy atom. The van der Waals surface area contributed by atoms with Crippen LogP contribution < -0.4 is 9.47 Å². The largest absolute Gasteiger partial charge is 0.493 e. The van der Waals surface area contributed by atoms with Crippen LogP contribution in [-0.2, 0) is 0 Å². The minimum Gasteiger partial charge on any atom is -0.493 e. The molecule has 1 aromatic carbocycles. The number of hydrogen-bond donors (Lipinski definition) is 0. The Bertz CT molecular complexity index is 425. The highest BCUT2D eigenvalue weighted by atomic mass is 35.5. The molecule has 0 atom stereocenters. The fourth-order valence-electron chi connectivity index (χ4n) is 2.30. The van der Waals surface area contributed by atoms with E-state index >= 15 is 0 Å². The fourth-order valence-corrected chi connectivity index (χ4v) is 2.52. The molecule has 0 spiro atoms. The van der Waals surface area contributed by atoms with E-state index in [0.29, 0.717) is 22.1 Å². The van der Waals surface area contributed by atoms with Gasteiger partial charge in [-0.1, -0.05) is 18.0 Å². The summed E-state index contributed by atoms with van der Waals surface area (Å²) in [5.41, 5.74) is 0.449. The molecule has 1 fully saturated rings. The van der Waals surface area contributed by atoms with E-state index in [0.717, 1.165) is 19.1 Å². The third-order valence-electron chi connectivity index (χ3n) is 3.23. The van der Waals surface area contributed by atoms with E-state index in [-0.39, 0.29) is 6.10 Å². The predicted octanol–water partition coefficient (Wildman–Crippen LogP) is 3.87. The van der Waals surface area contributed by atoms with Gasteiger partial charge in [0.15, 0.2) is 17.8 Å².